The van der Waals surface area contributed by atoms with Gasteiger partial charge in [0.05, 0.1) is 18.9 Å². The number of nitrogens with zero attached hydrogens (tertiary/aromatic N) is 3. The van der Waals surface area contributed by atoms with E-state index in [1.807, 2.05) is 0 Å². The Bertz CT molecular complexity index is 1090. The van der Waals surface area contributed by atoms with Gasteiger partial charge in [-0.25, -0.2) is 9.78 Å². The van der Waals surface area contributed by atoms with Gasteiger partial charge in [0.15, 0.2) is 10.8 Å². The first-order chi connectivity index (χ1) is 15.6. The number of aliphatic hydroxyl groups is 1. The van der Waals surface area contributed by atoms with Gasteiger partial charge in [-0.2, -0.15) is 0 Å². The molecule has 3 fully saturated rings. The summed E-state index contributed by atoms with van der Waals surface area (Å²) in [6.07, 6.45) is -1.03. The molecule has 5 N–H and O–H groups in total. The van der Waals surface area contributed by atoms with Crippen LogP contribution in [0.4, 0.5) is 5.13 Å². The minimum Gasteiger partial charge on any atom is -0.477 e. The second-order valence-electron chi connectivity index (χ2n) is 7.58. The van der Waals surface area contributed by atoms with Crippen molar-refractivity contribution in [3.8, 4) is 0 Å². The number of carbonyl (C=O) groups is 4. The number of β-lactam (4-membered cyclic amide) rings is 1. The molecular weight excluding hydrogens is 482 g/mol. The number of carbonyl (C=O) groups excluding carboxylic acids is 3. The maximum Gasteiger partial charge on any atom is 0.370 e. The van der Waals surface area contributed by atoms with E-state index in [9.17, 15) is 28.5 Å². The maximum absolute atomic E-state index is 12.9. The Morgan fingerprint density at radius 2 is 2.27 bits per heavy atom. The molecule has 178 valence electrons. The molecular formula is C17H19N5O9S2. The van der Waals surface area contributed by atoms with Crippen LogP contribution in [0.25, 0.3) is 0 Å². The first-order valence-electron chi connectivity index (χ1n) is 9.62. The van der Waals surface area contributed by atoms with Crippen LogP contribution in [0, 0.1) is 5.92 Å². The summed E-state index contributed by atoms with van der Waals surface area (Å²) in [6, 6.07) is -1.36. The average Bonchev–Trinajstić information content (AvgIpc) is 3.33. The minimum absolute atomic E-state index is 0.0420. The monoisotopic (exact) mass is 501 g/mol. The number of aliphatic carboxylic acids is 1. The zero-order valence-electron chi connectivity index (χ0n) is 17.0. The van der Waals surface area contributed by atoms with Crippen molar-refractivity contribution < 1.29 is 43.2 Å². The Balaban J connectivity index is 1.59. The Morgan fingerprint density at radius 1 is 1.55 bits per heavy atom. The van der Waals surface area contributed by atoms with Gasteiger partial charge in [-0.3, -0.25) is 23.5 Å². The van der Waals surface area contributed by atoms with Crippen LogP contribution >= 0.6 is 11.3 Å². The van der Waals surface area contributed by atoms with Crippen LogP contribution in [0.1, 0.15) is 19.0 Å². The maximum atomic E-state index is 12.9. The van der Waals surface area contributed by atoms with E-state index in [4.69, 9.17) is 20.4 Å². The van der Waals surface area contributed by atoms with E-state index in [-0.39, 0.29) is 35.3 Å². The van der Waals surface area contributed by atoms with E-state index < -0.39 is 63.7 Å². The summed E-state index contributed by atoms with van der Waals surface area (Å²) in [5.41, 5.74) is 3.04. The molecule has 3 aliphatic heterocycles. The molecule has 1 aromatic heterocycles. The summed E-state index contributed by atoms with van der Waals surface area (Å²) in [4.78, 5) is 59.4. The molecule has 4 rings (SSSR count). The van der Waals surface area contributed by atoms with Crippen LogP contribution in [0.5, 0.6) is 0 Å². The molecule has 0 aliphatic carbocycles. The molecule has 0 spiro atoms. The molecule has 0 aromatic carbocycles. The Morgan fingerprint density at radius 3 is 2.88 bits per heavy atom. The second-order valence-corrected chi connectivity index (χ2v) is 10.1. The predicted octanol–water partition coefficient (Wildman–Crippen LogP) is -2.41. The highest BCUT2D eigenvalue weighted by molar-refractivity contribution is 7.85. The van der Waals surface area contributed by atoms with Gasteiger partial charge in [0, 0.05) is 21.9 Å². The van der Waals surface area contributed by atoms with Crippen LogP contribution < -0.4 is 11.1 Å². The highest BCUT2D eigenvalue weighted by Crippen LogP contribution is 2.47. The molecule has 14 nitrogen and oxygen atoms in total. The SMILES string of the molecule is CC(CO)O/N=C(\C(=O)NC1C(=O)N2C1S(=O)CC1CC(=O)OC12C(=O)O)c1csc(N)n1. The van der Waals surface area contributed by atoms with Crippen molar-refractivity contribution in [3.63, 3.8) is 0 Å². The smallest absolute Gasteiger partial charge is 0.370 e. The number of esters is 1. The molecule has 1 aromatic rings. The number of hydrogen-bond donors (Lipinski definition) is 4. The third-order valence-electron chi connectivity index (χ3n) is 5.43. The average molecular weight is 501 g/mol. The summed E-state index contributed by atoms with van der Waals surface area (Å²) in [6.45, 7) is 1.11. The van der Waals surface area contributed by atoms with E-state index in [2.05, 4.69) is 15.5 Å². The number of carboxylic acid groups (broad SMARTS) is 1. The fourth-order valence-corrected chi connectivity index (χ4v) is 6.35. The zero-order valence-corrected chi connectivity index (χ0v) is 18.6. The van der Waals surface area contributed by atoms with Gasteiger partial charge in [-0.15, -0.1) is 11.3 Å². The molecule has 4 heterocycles. The van der Waals surface area contributed by atoms with Crippen molar-refractivity contribution in [1.82, 2.24) is 15.2 Å². The molecule has 33 heavy (non-hydrogen) atoms. The van der Waals surface area contributed by atoms with Gasteiger partial charge in [0.25, 0.3) is 17.5 Å². The highest BCUT2D eigenvalue weighted by atomic mass is 32.2. The lowest BCUT2D eigenvalue weighted by molar-refractivity contribution is -0.216. The molecule has 0 bridgehead atoms. The molecule has 3 saturated heterocycles. The highest BCUT2D eigenvalue weighted by Gasteiger charge is 2.73. The first-order valence-corrected chi connectivity index (χ1v) is 11.9. The van der Waals surface area contributed by atoms with Crippen LogP contribution in [0.3, 0.4) is 0 Å². The van der Waals surface area contributed by atoms with Gasteiger partial charge in [0.1, 0.15) is 23.2 Å². The summed E-state index contributed by atoms with van der Waals surface area (Å²) < 4.78 is 17.8. The zero-order chi connectivity index (χ0) is 24.1. The van der Waals surface area contributed by atoms with E-state index in [1.165, 1.54) is 12.3 Å². The van der Waals surface area contributed by atoms with Gasteiger partial charge < -0.3 is 30.8 Å². The van der Waals surface area contributed by atoms with Crippen LogP contribution in [0.15, 0.2) is 10.5 Å². The normalized spacial score (nSPS) is 31.7. The van der Waals surface area contributed by atoms with Gasteiger partial charge >= 0.3 is 11.9 Å². The Kier molecular flexibility index (Phi) is 5.83. The molecule has 6 atom stereocenters. The standard InChI is InChI=1S/C17H19N5O9S2/c1-6(3-23)31-21-10(8-4-32-16(18)19-8)12(25)20-11-13(26)22-14(11)33(29)5-7-2-9(24)30-17(7,22)15(27)28/h4,6-7,11,14,23H,2-3,5H2,1H3,(H2,18,19)(H,20,25)(H,27,28)/b21-10-. The largest absolute Gasteiger partial charge is 0.477 e. The topological polar surface area (TPSA) is 211 Å². The summed E-state index contributed by atoms with van der Waals surface area (Å²) in [5, 5.41) is 25.3. The third kappa shape index (κ3) is 3.63. The van der Waals surface area contributed by atoms with Gasteiger partial charge in [0.2, 0.25) is 0 Å². The molecule has 2 amide bonds. The Labute approximate surface area is 192 Å². The quantitative estimate of drug-likeness (QED) is 0.134. The Hall–Kier alpha value is -3.11. The van der Waals surface area contributed by atoms with Crippen LogP contribution in [0.2, 0.25) is 0 Å². The number of rotatable bonds is 7. The van der Waals surface area contributed by atoms with Gasteiger partial charge in [-0.05, 0) is 6.92 Å². The lowest BCUT2D eigenvalue weighted by atomic mass is 9.89. The molecule has 3 aliphatic rings. The van der Waals surface area contributed by atoms with Crippen molar-refractivity contribution in [1.29, 1.82) is 0 Å². The van der Waals surface area contributed by atoms with Crippen molar-refractivity contribution in [2.75, 3.05) is 18.1 Å². The fraction of sp³-hybridized carbons (Fsp3) is 0.529. The number of nitrogens with two attached hydrogens (primary N) is 1. The van der Waals surface area contributed by atoms with E-state index in [1.54, 1.807) is 0 Å². The minimum atomic E-state index is -2.26. The molecule has 0 radical (unpaired) electrons. The van der Waals surface area contributed by atoms with Crippen molar-refractivity contribution in [3.05, 3.63) is 11.1 Å². The number of amides is 2. The van der Waals surface area contributed by atoms with E-state index in [0.29, 0.717) is 0 Å². The number of anilines is 1. The number of nitrogen functional groups attached to an aromatic ring is 1. The van der Waals surface area contributed by atoms with Crippen molar-refractivity contribution in [2.24, 2.45) is 11.1 Å². The lowest BCUT2D eigenvalue weighted by Gasteiger charge is -2.56. The first kappa shape index (κ1) is 23.1. The number of nitrogens with one attached hydrogen (secondary N) is 1. The van der Waals surface area contributed by atoms with E-state index >= 15 is 0 Å². The van der Waals surface area contributed by atoms with E-state index in [0.717, 1.165) is 16.2 Å². The van der Waals surface area contributed by atoms with Crippen molar-refractivity contribution >= 4 is 56.7 Å². The number of carboxylic acids is 1. The fourth-order valence-electron chi connectivity index (χ4n) is 3.88. The summed E-state index contributed by atoms with van der Waals surface area (Å²) >= 11 is 1.02. The molecule has 6 unspecified atom stereocenters. The molecule has 0 saturated carbocycles. The third-order valence-corrected chi connectivity index (χ3v) is 7.85. The number of ether oxygens (including phenoxy) is 1. The van der Waals surface area contributed by atoms with Gasteiger partial charge in [-0.1, -0.05) is 5.16 Å². The molecule has 16 heteroatoms. The van der Waals surface area contributed by atoms with Crippen LogP contribution in [-0.4, -0.2) is 89.4 Å². The summed E-state index contributed by atoms with van der Waals surface area (Å²) in [5.74, 6) is -5.32. The van der Waals surface area contributed by atoms with Crippen LogP contribution in [-0.2, 0) is 39.6 Å². The predicted molar refractivity (Wildman–Crippen MR) is 111 cm³/mol. The van der Waals surface area contributed by atoms with Crippen molar-refractivity contribution in [2.45, 2.75) is 36.6 Å². The number of oxime groups is 1. The number of thiazole rings is 1. The number of fused-ring (bicyclic) bond motifs is 3. The second kappa shape index (κ2) is 8.35. The number of hydrogen-bond acceptors (Lipinski definition) is 12. The lowest BCUT2D eigenvalue weighted by Crippen LogP contribution is -2.83. The number of aliphatic hydroxyl groups excluding tert-OH is 1. The number of aromatic nitrogens is 1. The summed E-state index contributed by atoms with van der Waals surface area (Å²) in [7, 11) is -1.77.